The average molecular weight is 294 g/mol. The van der Waals surface area contributed by atoms with Gasteiger partial charge in [-0.15, -0.1) is 11.3 Å². The molecule has 2 aromatic rings. The van der Waals surface area contributed by atoms with Gasteiger partial charge in [0.2, 0.25) is 5.95 Å². The second-order valence-corrected chi connectivity index (χ2v) is 6.22. The standard InChI is InChI=1S/C14H22N4OS/c1-5-9-6-10-12(16-11(7-19)8(2)3)17-14(15-4)18-13(10)20-9/h6,8,11,19H,5,7H2,1-4H3,(H2,15,16,17,18). The van der Waals surface area contributed by atoms with Gasteiger partial charge in [0.05, 0.1) is 18.0 Å². The summed E-state index contributed by atoms with van der Waals surface area (Å²) in [5.41, 5.74) is 0. The van der Waals surface area contributed by atoms with Crippen molar-refractivity contribution in [3.8, 4) is 0 Å². The number of aromatic nitrogens is 2. The molecule has 2 heterocycles. The van der Waals surface area contributed by atoms with Gasteiger partial charge < -0.3 is 15.7 Å². The summed E-state index contributed by atoms with van der Waals surface area (Å²) in [6, 6.07) is 2.12. The highest BCUT2D eigenvalue weighted by atomic mass is 32.1. The highest BCUT2D eigenvalue weighted by molar-refractivity contribution is 7.18. The molecule has 1 atom stereocenters. The molecule has 5 nitrogen and oxygen atoms in total. The first-order chi connectivity index (χ1) is 9.58. The number of rotatable bonds is 6. The monoisotopic (exact) mass is 294 g/mol. The van der Waals surface area contributed by atoms with Gasteiger partial charge in [-0.1, -0.05) is 20.8 Å². The maximum Gasteiger partial charge on any atom is 0.225 e. The van der Waals surface area contributed by atoms with E-state index in [2.05, 4.69) is 47.4 Å². The predicted octanol–water partition coefficient (Wildman–Crippen LogP) is 2.72. The molecule has 1 unspecified atom stereocenters. The van der Waals surface area contributed by atoms with E-state index in [1.807, 2.05) is 7.05 Å². The smallest absolute Gasteiger partial charge is 0.225 e. The molecule has 0 aliphatic heterocycles. The second-order valence-electron chi connectivity index (χ2n) is 5.11. The van der Waals surface area contributed by atoms with Crippen LogP contribution in [0.2, 0.25) is 0 Å². The summed E-state index contributed by atoms with van der Waals surface area (Å²) in [7, 11) is 1.81. The van der Waals surface area contributed by atoms with Crippen molar-refractivity contribution in [2.24, 2.45) is 5.92 Å². The first-order valence-electron chi connectivity index (χ1n) is 6.94. The van der Waals surface area contributed by atoms with Gasteiger partial charge in [0.15, 0.2) is 0 Å². The molecule has 0 spiro atoms. The Morgan fingerprint density at radius 3 is 2.65 bits per heavy atom. The third-order valence-electron chi connectivity index (χ3n) is 3.34. The molecule has 0 saturated carbocycles. The summed E-state index contributed by atoms with van der Waals surface area (Å²) in [6.07, 6.45) is 0.989. The number of nitrogens with one attached hydrogen (secondary N) is 2. The van der Waals surface area contributed by atoms with Crippen LogP contribution < -0.4 is 10.6 Å². The summed E-state index contributed by atoms with van der Waals surface area (Å²) in [4.78, 5) is 11.3. The number of aryl methyl sites for hydroxylation is 1. The zero-order chi connectivity index (χ0) is 14.7. The van der Waals surface area contributed by atoms with Crippen LogP contribution >= 0.6 is 11.3 Å². The van der Waals surface area contributed by atoms with Crippen LogP contribution in [0.3, 0.4) is 0 Å². The van der Waals surface area contributed by atoms with Gasteiger partial charge >= 0.3 is 0 Å². The van der Waals surface area contributed by atoms with Gasteiger partial charge in [-0.25, -0.2) is 4.98 Å². The van der Waals surface area contributed by atoms with Crippen LogP contribution in [0.15, 0.2) is 6.07 Å². The quantitative estimate of drug-likeness (QED) is 0.764. The van der Waals surface area contributed by atoms with Crippen molar-refractivity contribution in [1.29, 1.82) is 0 Å². The Morgan fingerprint density at radius 2 is 2.10 bits per heavy atom. The van der Waals surface area contributed by atoms with Crippen molar-refractivity contribution >= 4 is 33.3 Å². The van der Waals surface area contributed by atoms with Crippen LogP contribution in [0.25, 0.3) is 10.2 Å². The fraction of sp³-hybridized carbons (Fsp3) is 0.571. The Hall–Kier alpha value is -1.40. The van der Waals surface area contributed by atoms with Gasteiger partial charge in [0.1, 0.15) is 10.6 Å². The fourth-order valence-electron chi connectivity index (χ4n) is 1.97. The van der Waals surface area contributed by atoms with Crippen LogP contribution in [0.1, 0.15) is 25.6 Å². The molecular formula is C14H22N4OS. The van der Waals surface area contributed by atoms with Crippen molar-refractivity contribution in [1.82, 2.24) is 9.97 Å². The Balaban J connectivity index is 2.46. The number of nitrogens with zero attached hydrogens (tertiary/aromatic N) is 2. The molecule has 0 bridgehead atoms. The van der Waals surface area contributed by atoms with Gasteiger partial charge in [0.25, 0.3) is 0 Å². The van der Waals surface area contributed by atoms with E-state index in [4.69, 9.17) is 0 Å². The van der Waals surface area contributed by atoms with Crippen LogP contribution in [-0.4, -0.2) is 34.8 Å². The lowest BCUT2D eigenvalue weighted by atomic mass is 10.1. The number of fused-ring (bicyclic) bond motifs is 1. The molecule has 2 rings (SSSR count). The molecule has 0 radical (unpaired) electrons. The SMILES string of the molecule is CCc1cc2c(NC(CO)C(C)C)nc(NC)nc2s1. The number of hydrogen-bond acceptors (Lipinski definition) is 6. The molecule has 6 heteroatoms. The van der Waals surface area contributed by atoms with Gasteiger partial charge in [-0.3, -0.25) is 0 Å². The number of thiophene rings is 1. The summed E-state index contributed by atoms with van der Waals surface area (Å²) in [6.45, 7) is 6.38. The number of aliphatic hydroxyl groups excluding tert-OH is 1. The lowest BCUT2D eigenvalue weighted by Gasteiger charge is -2.21. The molecule has 0 saturated heterocycles. The molecule has 0 fully saturated rings. The van der Waals surface area contributed by atoms with E-state index >= 15 is 0 Å². The Labute approximate surface area is 123 Å². The van der Waals surface area contributed by atoms with Gasteiger partial charge in [-0.2, -0.15) is 4.98 Å². The second kappa shape index (κ2) is 6.37. The minimum absolute atomic E-state index is 0.0113. The summed E-state index contributed by atoms with van der Waals surface area (Å²) < 4.78 is 0. The number of hydrogen-bond donors (Lipinski definition) is 3. The van der Waals surface area contributed by atoms with Gasteiger partial charge in [0, 0.05) is 11.9 Å². The zero-order valence-electron chi connectivity index (χ0n) is 12.4. The summed E-state index contributed by atoms with van der Waals surface area (Å²) >= 11 is 1.69. The van der Waals surface area contributed by atoms with Crippen LogP contribution in [-0.2, 0) is 6.42 Å². The van der Waals surface area contributed by atoms with Crippen molar-refractivity contribution in [3.05, 3.63) is 10.9 Å². The zero-order valence-corrected chi connectivity index (χ0v) is 13.2. The molecule has 20 heavy (non-hydrogen) atoms. The number of anilines is 2. The maximum absolute atomic E-state index is 9.49. The molecule has 3 N–H and O–H groups in total. The third-order valence-corrected chi connectivity index (χ3v) is 4.51. The molecule has 0 aliphatic carbocycles. The molecule has 0 amide bonds. The summed E-state index contributed by atoms with van der Waals surface area (Å²) in [5.74, 6) is 1.72. The molecular weight excluding hydrogens is 272 g/mol. The van der Waals surface area contributed by atoms with E-state index in [1.165, 1.54) is 4.88 Å². The van der Waals surface area contributed by atoms with Crippen molar-refractivity contribution in [3.63, 3.8) is 0 Å². The predicted molar refractivity (Wildman–Crippen MR) is 85.7 cm³/mol. The van der Waals surface area contributed by atoms with Crippen LogP contribution in [0.5, 0.6) is 0 Å². The van der Waals surface area contributed by atoms with E-state index in [9.17, 15) is 5.11 Å². The third kappa shape index (κ3) is 3.02. The van der Waals surface area contributed by atoms with E-state index in [1.54, 1.807) is 11.3 Å². The van der Waals surface area contributed by atoms with E-state index in [0.717, 1.165) is 22.5 Å². The highest BCUT2D eigenvalue weighted by Crippen LogP contribution is 2.31. The molecule has 0 aliphatic rings. The van der Waals surface area contributed by atoms with Crippen LogP contribution in [0.4, 0.5) is 11.8 Å². The highest BCUT2D eigenvalue weighted by Gasteiger charge is 2.16. The minimum atomic E-state index is -0.0113. The molecule has 0 aromatic carbocycles. The van der Waals surface area contributed by atoms with Crippen molar-refractivity contribution < 1.29 is 5.11 Å². The Kier molecular flexibility index (Phi) is 4.77. The van der Waals surface area contributed by atoms with Crippen molar-refractivity contribution in [2.45, 2.75) is 33.2 Å². The maximum atomic E-state index is 9.49. The summed E-state index contributed by atoms with van der Waals surface area (Å²) in [5, 5.41) is 16.9. The first kappa shape index (κ1) is 15.0. The lowest BCUT2D eigenvalue weighted by Crippen LogP contribution is -2.30. The Bertz CT molecular complexity index is 582. The number of aliphatic hydroxyl groups is 1. The van der Waals surface area contributed by atoms with Crippen LogP contribution in [0, 0.1) is 5.92 Å². The molecule has 110 valence electrons. The van der Waals surface area contributed by atoms with Gasteiger partial charge in [-0.05, 0) is 18.4 Å². The lowest BCUT2D eigenvalue weighted by molar-refractivity contribution is 0.249. The van der Waals surface area contributed by atoms with Crippen molar-refractivity contribution in [2.75, 3.05) is 24.3 Å². The topological polar surface area (TPSA) is 70.1 Å². The fourth-order valence-corrected chi connectivity index (χ4v) is 2.93. The van der Waals surface area contributed by atoms with E-state index in [0.29, 0.717) is 11.9 Å². The molecule has 2 aromatic heterocycles. The minimum Gasteiger partial charge on any atom is -0.394 e. The largest absolute Gasteiger partial charge is 0.394 e. The Morgan fingerprint density at radius 1 is 1.35 bits per heavy atom. The average Bonchev–Trinajstić information content (AvgIpc) is 2.86. The van der Waals surface area contributed by atoms with E-state index < -0.39 is 0 Å². The van der Waals surface area contributed by atoms with E-state index in [-0.39, 0.29) is 12.6 Å². The first-order valence-corrected chi connectivity index (χ1v) is 7.76. The normalized spacial score (nSPS) is 12.9.